The Kier molecular flexibility index (Phi) is 7.47. The topological polar surface area (TPSA) is 94.4 Å². The molecule has 0 radical (unpaired) electrons. The standard InChI is InChI=1S/C31H32FIN6O3/c32-24-11-5-4-10-22(24)31(19-35-30(40)42-18-20-8-2-1-3-9-20)21-13-14-38(17-23(21)31)25-16-34-27-28(33)37-39(29(27)36-25)26-12-6-7-15-41-26/h1-5,8-11,16,21,23,26H,6-7,12-15,17-19H2,(H,35,40)/t21-,23+,26?,31-/m1/s1. The van der Waals surface area contributed by atoms with E-state index in [1.807, 2.05) is 53.3 Å². The van der Waals surface area contributed by atoms with Crippen molar-refractivity contribution in [3.05, 3.63) is 81.4 Å². The molecule has 4 atom stereocenters. The summed E-state index contributed by atoms with van der Waals surface area (Å²) in [5, 5.41) is 7.67. The summed E-state index contributed by atoms with van der Waals surface area (Å²) in [4.78, 5) is 24.7. The molecular formula is C31H32FIN6O3. The number of benzene rings is 2. The van der Waals surface area contributed by atoms with Gasteiger partial charge in [-0.25, -0.2) is 23.8 Å². The van der Waals surface area contributed by atoms with E-state index in [4.69, 9.17) is 24.5 Å². The zero-order valence-corrected chi connectivity index (χ0v) is 25.2. The van der Waals surface area contributed by atoms with E-state index in [1.165, 1.54) is 6.07 Å². The quantitative estimate of drug-likeness (QED) is 0.254. The van der Waals surface area contributed by atoms with Gasteiger partial charge in [-0.1, -0.05) is 48.5 Å². The van der Waals surface area contributed by atoms with Crippen molar-refractivity contribution in [1.29, 1.82) is 0 Å². The lowest BCUT2D eigenvalue weighted by Gasteiger charge is -2.27. The second-order valence-corrected chi connectivity index (χ2v) is 12.4. The molecule has 1 aliphatic carbocycles. The smallest absolute Gasteiger partial charge is 0.407 e. The first-order chi connectivity index (χ1) is 20.5. The van der Waals surface area contributed by atoms with Gasteiger partial charge in [-0.15, -0.1) is 0 Å². The third-order valence-electron chi connectivity index (χ3n) is 9.04. The number of rotatable bonds is 7. The van der Waals surface area contributed by atoms with Gasteiger partial charge in [0.05, 0.1) is 6.20 Å². The molecule has 4 aromatic rings. The van der Waals surface area contributed by atoms with Crippen molar-refractivity contribution >= 4 is 45.7 Å². The maximum Gasteiger partial charge on any atom is 0.407 e. The van der Waals surface area contributed by atoms with Gasteiger partial charge in [-0.3, -0.25) is 0 Å². The number of halogens is 2. The molecule has 3 aliphatic rings. The normalized spacial score (nSPS) is 25.2. The van der Waals surface area contributed by atoms with E-state index >= 15 is 4.39 Å². The van der Waals surface area contributed by atoms with Crippen LogP contribution < -0.4 is 10.2 Å². The molecule has 2 aromatic heterocycles. The molecule has 11 heteroatoms. The number of anilines is 1. The Bertz CT molecular complexity index is 1600. The monoisotopic (exact) mass is 682 g/mol. The molecule has 4 heterocycles. The van der Waals surface area contributed by atoms with Crippen LogP contribution in [0.2, 0.25) is 0 Å². The molecule has 218 valence electrons. The summed E-state index contributed by atoms with van der Waals surface area (Å²) in [5.41, 5.74) is 2.54. The summed E-state index contributed by atoms with van der Waals surface area (Å²) in [5.74, 6) is 0.907. The lowest BCUT2D eigenvalue weighted by molar-refractivity contribution is -0.0372. The highest BCUT2D eigenvalue weighted by molar-refractivity contribution is 14.1. The van der Waals surface area contributed by atoms with Crippen LogP contribution in [0, 0.1) is 21.4 Å². The molecule has 2 saturated heterocycles. The van der Waals surface area contributed by atoms with Crippen molar-refractivity contribution in [3.63, 3.8) is 0 Å². The van der Waals surface area contributed by atoms with Crippen LogP contribution in [-0.4, -0.2) is 52.1 Å². The number of fused-ring (bicyclic) bond motifs is 2. The number of ether oxygens (including phenoxy) is 2. The third-order valence-corrected chi connectivity index (χ3v) is 9.77. The molecule has 1 amide bonds. The molecule has 42 heavy (non-hydrogen) atoms. The second-order valence-electron chi connectivity index (χ2n) is 11.3. The molecule has 1 N–H and O–H groups in total. The second kappa shape index (κ2) is 11.4. The predicted octanol–water partition coefficient (Wildman–Crippen LogP) is 5.59. The first-order valence-corrected chi connectivity index (χ1v) is 15.6. The Morgan fingerprint density at radius 1 is 1.12 bits per heavy atom. The highest BCUT2D eigenvalue weighted by atomic mass is 127. The fraction of sp³-hybridized carbons (Fsp3) is 0.419. The molecule has 7 rings (SSSR count). The highest BCUT2D eigenvalue weighted by Crippen LogP contribution is 2.63. The van der Waals surface area contributed by atoms with Gasteiger partial charge in [0.15, 0.2) is 15.6 Å². The molecule has 1 unspecified atom stereocenters. The Balaban J connectivity index is 1.11. The predicted molar refractivity (Wildman–Crippen MR) is 163 cm³/mol. The first-order valence-electron chi connectivity index (χ1n) is 14.5. The maximum absolute atomic E-state index is 15.3. The Morgan fingerprint density at radius 3 is 2.76 bits per heavy atom. The van der Waals surface area contributed by atoms with Crippen molar-refractivity contribution in [1.82, 2.24) is 25.1 Å². The van der Waals surface area contributed by atoms with Crippen molar-refractivity contribution in [2.24, 2.45) is 11.8 Å². The fourth-order valence-corrected chi connectivity index (χ4v) is 7.52. The molecule has 1 saturated carbocycles. The number of carbonyl (C=O) groups excluding carboxylic acids is 1. The lowest BCUT2D eigenvalue weighted by atomic mass is 9.90. The van der Waals surface area contributed by atoms with E-state index in [2.05, 4.69) is 32.8 Å². The number of hydrogen-bond donors (Lipinski definition) is 1. The molecule has 0 spiro atoms. The van der Waals surface area contributed by atoms with E-state index < -0.39 is 11.5 Å². The van der Waals surface area contributed by atoms with Crippen LogP contribution in [0.3, 0.4) is 0 Å². The average molecular weight is 683 g/mol. The van der Waals surface area contributed by atoms with Gasteiger partial charge in [-0.2, -0.15) is 5.10 Å². The van der Waals surface area contributed by atoms with Gasteiger partial charge in [0, 0.05) is 31.7 Å². The molecular weight excluding hydrogens is 650 g/mol. The number of hydrogen-bond acceptors (Lipinski definition) is 7. The number of nitrogens with one attached hydrogen (secondary N) is 1. The Labute approximate surface area is 256 Å². The van der Waals surface area contributed by atoms with Gasteiger partial charge < -0.3 is 19.7 Å². The third kappa shape index (κ3) is 5.00. The van der Waals surface area contributed by atoms with E-state index in [1.54, 1.807) is 6.07 Å². The van der Waals surface area contributed by atoms with E-state index in [0.29, 0.717) is 18.7 Å². The summed E-state index contributed by atoms with van der Waals surface area (Å²) in [7, 11) is 0. The van der Waals surface area contributed by atoms with Crippen LogP contribution >= 0.6 is 22.6 Å². The summed E-state index contributed by atoms with van der Waals surface area (Å²) >= 11 is 2.20. The molecule has 2 aliphatic heterocycles. The minimum atomic E-state index is -0.517. The van der Waals surface area contributed by atoms with Gasteiger partial charge >= 0.3 is 6.09 Å². The van der Waals surface area contributed by atoms with Gasteiger partial charge in [0.1, 0.15) is 23.8 Å². The zero-order chi connectivity index (χ0) is 28.7. The van der Waals surface area contributed by atoms with Crippen LogP contribution in [0.5, 0.6) is 0 Å². The minimum absolute atomic E-state index is 0.134. The average Bonchev–Trinajstić information content (AvgIpc) is 3.56. The van der Waals surface area contributed by atoms with Crippen LogP contribution in [0.15, 0.2) is 60.8 Å². The molecule has 9 nitrogen and oxygen atoms in total. The number of amides is 1. The largest absolute Gasteiger partial charge is 0.445 e. The highest BCUT2D eigenvalue weighted by Gasteiger charge is 2.67. The van der Waals surface area contributed by atoms with Crippen LogP contribution in [0.1, 0.15) is 43.0 Å². The Hall–Kier alpha value is -3.32. The SMILES string of the molecule is O=C(NC[C@]1(c2ccccc2F)[C@@H]2CCN(c3cnc4c(I)nn(C5CCCCO5)c4n3)C[C@@H]21)OCc1ccccc1. The molecule has 0 bridgehead atoms. The summed E-state index contributed by atoms with van der Waals surface area (Å²) in [6.07, 6.45) is 5.08. The summed E-state index contributed by atoms with van der Waals surface area (Å²) < 4.78 is 29.4. The van der Waals surface area contributed by atoms with Gasteiger partial charge in [0.25, 0.3) is 0 Å². The number of piperidine rings is 1. The van der Waals surface area contributed by atoms with E-state index in [-0.39, 0.29) is 30.5 Å². The van der Waals surface area contributed by atoms with Gasteiger partial charge in [0.2, 0.25) is 0 Å². The summed E-state index contributed by atoms with van der Waals surface area (Å²) in [6.45, 7) is 2.66. The molecule has 3 fully saturated rings. The van der Waals surface area contributed by atoms with E-state index in [0.717, 1.165) is 65.1 Å². The van der Waals surface area contributed by atoms with Crippen LogP contribution in [0.4, 0.5) is 15.0 Å². The fourth-order valence-electron chi connectivity index (χ4n) is 6.91. The van der Waals surface area contributed by atoms with Crippen molar-refractivity contribution in [2.75, 3.05) is 31.1 Å². The summed E-state index contributed by atoms with van der Waals surface area (Å²) in [6, 6.07) is 16.5. The maximum atomic E-state index is 15.3. The van der Waals surface area contributed by atoms with Gasteiger partial charge in [-0.05, 0) is 77.3 Å². The number of aromatic nitrogens is 4. The Morgan fingerprint density at radius 2 is 1.95 bits per heavy atom. The number of alkyl carbamates (subject to hydrolysis) is 1. The van der Waals surface area contributed by atoms with Crippen molar-refractivity contribution in [3.8, 4) is 0 Å². The van der Waals surface area contributed by atoms with Crippen molar-refractivity contribution < 1.29 is 18.7 Å². The minimum Gasteiger partial charge on any atom is -0.445 e. The first kappa shape index (κ1) is 27.5. The number of carbonyl (C=O) groups is 1. The van der Waals surface area contributed by atoms with E-state index in [9.17, 15) is 4.79 Å². The zero-order valence-electron chi connectivity index (χ0n) is 23.1. The van der Waals surface area contributed by atoms with Crippen LogP contribution in [-0.2, 0) is 21.5 Å². The lowest BCUT2D eigenvalue weighted by Crippen LogP contribution is -2.36. The molecule has 2 aromatic carbocycles. The number of nitrogens with zero attached hydrogens (tertiary/aromatic N) is 5. The van der Waals surface area contributed by atoms with Crippen molar-refractivity contribution in [2.45, 2.75) is 43.9 Å². The van der Waals surface area contributed by atoms with Crippen LogP contribution in [0.25, 0.3) is 11.2 Å².